The van der Waals surface area contributed by atoms with Gasteiger partial charge in [-0.15, -0.1) is 0 Å². The van der Waals surface area contributed by atoms with Crippen LogP contribution in [0.1, 0.15) is 19.8 Å². The van der Waals surface area contributed by atoms with Gasteiger partial charge in [0.15, 0.2) is 0 Å². The van der Waals surface area contributed by atoms with E-state index in [1.807, 2.05) is 13.0 Å². The zero-order chi connectivity index (χ0) is 12.0. The van der Waals surface area contributed by atoms with Gasteiger partial charge in [0.25, 0.3) is 0 Å². The summed E-state index contributed by atoms with van der Waals surface area (Å²) < 4.78 is 24.2. The van der Waals surface area contributed by atoms with E-state index in [-0.39, 0.29) is 0 Å². The molecule has 1 rings (SSSR count). The van der Waals surface area contributed by atoms with Gasteiger partial charge in [0.1, 0.15) is 0 Å². The van der Waals surface area contributed by atoms with Crippen molar-refractivity contribution >= 4 is 15.7 Å². The molecule has 0 aliphatic rings. The largest absolute Gasteiger partial charge is 0.243 e. The van der Waals surface area contributed by atoms with Gasteiger partial charge in [-0.25, -0.2) is 8.42 Å². The molecule has 0 amide bonds. The third-order valence-electron chi connectivity index (χ3n) is 1.88. The van der Waals surface area contributed by atoms with Crippen LogP contribution in [0.5, 0.6) is 0 Å². The third-order valence-corrected chi connectivity index (χ3v) is 2.84. The van der Waals surface area contributed by atoms with Crippen molar-refractivity contribution in [1.82, 2.24) is 0 Å². The van der Waals surface area contributed by atoms with Crippen molar-refractivity contribution in [2.75, 3.05) is 10.6 Å². The molecule has 3 nitrogen and oxygen atoms in total. The van der Waals surface area contributed by atoms with Crippen molar-refractivity contribution in [2.24, 2.45) is 0 Å². The summed E-state index contributed by atoms with van der Waals surface area (Å²) in [5.74, 6) is 2.84. The van der Waals surface area contributed by atoms with Crippen LogP contribution in [-0.4, -0.2) is 14.7 Å². The van der Waals surface area contributed by atoms with Crippen LogP contribution < -0.4 is 4.31 Å². The third kappa shape index (κ3) is 3.59. The molecule has 0 bridgehead atoms. The molecule has 1 aromatic carbocycles. The van der Waals surface area contributed by atoms with Gasteiger partial charge in [-0.1, -0.05) is 31.0 Å². The molecule has 0 unspecified atom stereocenters. The number of unbranched alkanes of at least 4 members (excludes halogenated alkanes) is 1. The summed E-state index contributed by atoms with van der Waals surface area (Å²) in [5.41, 5.74) is 0.577. The molecular formula is C12H15NO2S. The normalized spacial score (nSPS) is 10.4. The molecule has 0 spiro atoms. The molecule has 16 heavy (non-hydrogen) atoms. The van der Waals surface area contributed by atoms with Crippen LogP contribution in [0.3, 0.4) is 0 Å². The van der Waals surface area contributed by atoms with Gasteiger partial charge in [0.2, 0.25) is 10.0 Å². The second-order valence-corrected chi connectivity index (χ2v) is 5.23. The number of hydrogen-bond donors (Lipinski definition) is 0. The summed E-state index contributed by atoms with van der Waals surface area (Å²) in [6, 6.07) is 11.5. The smallest absolute Gasteiger partial charge is 0.206 e. The SMILES string of the molecule is CCCC#CN(c1ccccc1)S(C)(=O)=O. The molecule has 0 saturated heterocycles. The lowest BCUT2D eigenvalue weighted by molar-refractivity contribution is 0.602. The second kappa shape index (κ2) is 5.57. The van der Waals surface area contributed by atoms with E-state index in [4.69, 9.17) is 0 Å². The lowest BCUT2D eigenvalue weighted by Gasteiger charge is -2.14. The molecule has 0 N–H and O–H groups in total. The average Bonchev–Trinajstić information content (AvgIpc) is 2.24. The summed E-state index contributed by atoms with van der Waals surface area (Å²) in [6.07, 6.45) is 2.76. The minimum absolute atomic E-state index is 0.577. The fraction of sp³-hybridized carbons (Fsp3) is 0.333. The Kier molecular flexibility index (Phi) is 4.39. The Morgan fingerprint density at radius 1 is 1.25 bits per heavy atom. The molecule has 0 aromatic heterocycles. The van der Waals surface area contributed by atoms with E-state index in [1.165, 1.54) is 0 Å². The number of anilines is 1. The highest BCUT2D eigenvalue weighted by atomic mass is 32.2. The maximum Gasteiger partial charge on any atom is 0.243 e. The number of benzene rings is 1. The molecule has 0 fully saturated rings. The first kappa shape index (κ1) is 12.6. The minimum atomic E-state index is -3.34. The van der Waals surface area contributed by atoms with Crippen molar-refractivity contribution in [2.45, 2.75) is 19.8 Å². The van der Waals surface area contributed by atoms with Crippen molar-refractivity contribution in [3.8, 4) is 12.0 Å². The fourth-order valence-corrected chi connectivity index (χ4v) is 1.89. The Bertz CT molecular complexity index is 483. The summed E-state index contributed by atoms with van der Waals surface area (Å²) in [7, 11) is -3.34. The summed E-state index contributed by atoms with van der Waals surface area (Å²) in [5, 5.41) is 0. The molecule has 0 atom stereocenters. The number of nitrogens with zero attached hydrogens (tertiary/aromatic N) is 1. The van der Waals surface area contributed by atoms with Crippen LogP contribution >= 0.6 is 0 Å². The molecule has 86 valence electrons. The van der Waals surface area contributed by atoms with E-state index in [9.17, 15) is 8.42 Å². The molecule has 0 saturated carbocycles. The second-order valence-electron chi connectivity index (χ2n) is 3.40. The lowest BCUT2D eigenvalue weighted by atomic mass is 10.3. The lowest BCUT2D eigenvalue weighted by Crippen LogP contribution is -2.24. The highest BCUT2D eigenvalue weighted by molar-refractivity contribution is 7.92. The Morgan fingerprint density at radius 2 is 1.88 bits per heavy atom. The van der Waals surface area contributed by atoms with Crippen LogP contribution in [0.25, 0.3) is 0 Å². The fourth-order valence-electron chi connectivity index (χ4n) is 1.16. The van der Waals surface area contributed by atoms with Gasteiger partial charge in [0, 0.05) is 12.5 Å². The van der Waals surface area contributed by atoms with Crippen molar-refractivity contribution in [3.05, 3.63) is 30.3 Å². The first-order valence-corrected chi connectivity index (χ1v) is 6.94. The van der Waals surface area contributed by atoms with Gasteiger partial charge in [-0.2, -0.15) is 4.31 Å². The van der Waals surface area contributed by atoms with E-state index in [1.54, 1.807) is 24.3 Å². The molecule has 0 radical (unpaired) electrons. The zero-order valence-corrected chi connectivity index (χ0v) is 10.3. The summed E-state index contributed by atoms with van der Waals surface area (Å²) >= 11 is 0. The number of rotatable bonds is 3. The number of hydrogen-bond acceptors (Lipinski definition) is 2. The maximum absolute atomic E-state index is 11.5. The topological polar surface area (TPSA) is 37.4 Å². The van der Waals surface area contributed by atoms with Crippen molar-refractivity contribution < 1.29 is 8.42 Å². The predicted molar refractivity (Wildman–Crippen MR) is 66.4 cm³/mol. The Balaban J connectivity index is 3.05. The molecule has 0 aliphatic heterocycles. The highest BCUT2D eigenvalue weighted by Gasteiger charge is 2.14. The summed E-state index contributed by atoms with van der Waals surface area (Å²) in [4.78, 5) is 0. The predicted octanol–water partition coefficient (Wildman–Crippen LogP) is 2.21. The van der Waals surface area contributed by atoms with E-state index >= 15 is 0 Å². The van der Waals surface area contributed by atoms with E-state index in [0.717, 1.165) is 17.0 Å². The quantitative estimate of drug-likeness (QED) is 0.597. The Morgan fingerprint density at radius 3 is 2.38 bits per heavy atom. The molecule has 1 aromatic rings. The zero-order valence-electron chi connectivity index (χ0n) is 9.47. The molecule has 4 heteroatoms. The van der Waals surface area contributed by atoms with Gasteiger partial charge >= 0.3 is 0 Å². The first-order valence-electron chi connectivity index (χ1n) is 5.09. The van der Waals surface area contributed by atoms with Gasteiger partial charge in [-0.3, -0.25) is 0 Å². The standard InChI is InChI=1S/C12H15NO2S/c1-3-4-8-11-13(16(2,14)15)12-9-6-5-7-10-12/h5-7,9-10H,3-4H2,1-2H3. The number of para-hydroxylation sites is 1. The summed E-state index contributed by atoms with van der Waals surface area (Å²) in [6.45, 7) is 2.00. The highest BCUT2D eigenvalue weighted by Crippen LogP contribution is 2.15. The maximum atomic E-state index is 11.5. The van der Waals surface area contributed by atoms with Gasteiger partial charge < -0.3 is 0 Å². The Labute approximate surface area is 97.1 Å². The van der Waals surface area contributed by atoms with Crippen LogP contribution in [0, 0.1) is 12.0 Å². The average molecular weight is 237 g/mol. The van der Waals surface area contributed by atoms with Crippen LogP contribution in [0.4, 0.5) is 5.69 Å². The molecule has 0 heterocycles. The van der Waals surface area contributed by atoms with Gasteiger partial charge in [0.05, 0.1) is 11.9 Å². The van der Waals surface area contributed by atoms with Crippen LogP contribution in [0.2, 0.25) is 0 Å². The Hall–Kier alpha value is -1.47. The van der Waals surface area contributed by atoms with Crippen molar-refractivity contribution in [1.29, 1.82) is 0 Å². The van der Waals surface area contributed by atoms with E-state index in [0.29, 0.717) is 12.1 Å². The van der Waals surface area contributed by atoms with Crippen molar-refractivity contribution in [3.63, 3.8) is 0 Å². The van der Waals surface area contributed by atoms with Crippen LogP contribution in [-0.2, 0) is 10.0 Å². The minimum Gasteiger partial charge on any atom is -0.206 e. The number of sulfonamides is 1. The first-order chi connectivity index (χ1) is 7.55. The van der Waals surface area contributed by atoms with Gasteiger partial charge in [-0.05, 0) is 18.6 Å². The monoisotopic (exact) mass is 237 g/mol. The molecule has 0 aliphatic carbocycles. The van der Waals surface area contributed by atoms with E-state index in [2.05, 4.69) is 12.0 Å². The molecular weight excluding hydrogens is 222 g/mol. The van der Waals surface area contributed by atoms with E-state index < -0.39 is 10.0 Å². The van der Waals surface area contributed by atoms with Crippen LogP contribution in [0.15, 0.2) is 30.3 Å².